The van der Waals surface area contributed by atoms with Crippen LogP contribution in [0.2, 0.25) is 0 Å². The van der Waals surface area contributed by atoms with Gasteiger partial charge in [0.1, 0.15) is 18.7 Å². The van der Waals surface area contributed by atoms with Crippen LogP contribution in [-0.2, 0) is 4.79 Å². The van der Waals surface area contributed by atoms with Crippen LogP contribution in [0.1, 0.15) is 25.3 Å². The van der Waals surface area contributed by atoms with Crippen LogP contribution in [0, 0.1) is 22.7 Å². The number of rotatable bonds is 4. The molecule has 0 spiro atoms. The van der Waals surface area contributed by atoms with E-state index in [1.807, 2.05) is 13.0 Å². The molecule has 0 saturated carbocycles. The second kappa shape index (κ2) is 7.81. The first-order valence-electron chi connectivity index (χ1n) is 7.25. The summed E-state index contributed by atoms with van der Waals surface area (Å²) in [6, 6.07) is 7.11. The summed E-state index contributed by atoms with van der Waals surface area (Å²) in [6.07, 6.45) is 5.87. The molecule has 116 valence electrons. The lowest BCUT2D eigenvalue weighted by Gasteiger charge is -2.23. The van der Waals surface area contributed by atoms with E-state index in [1.165, 1.54) is 18.6 Å². The van der Waals surface area contributed by atoms with Crippen LogP contribution in [0.25, 0.3) is 0 Å². The van der Waals surface area contributed by atoms with Crippen LogP contribution >= 0.6 is 0 Å². The Morgan fingerprint density at radius 3 is 2.91 bits per heavy atom. The van der Waals surface area contributed by atoms with Crippen molar-refractivity contribution in [2.24, 2.45) is 9.98 Å². The zero-order chi connectivity index (χ0) is 16.7. The molecule has 1 aliphatic rings. The highest BCUT2D eigenvalue weighted by Gasteiger charge is 2.33. The van der Waals surface area contributed by atoms with E-state index in [0.29, 0.717) is 11.4 Å². The van der Waals surface area contributed by atoms with E-state index >= 15 is 0 Å². The maximum absolute atomic E-state index is 12.1. The molecular formula is C16H16N6O. The number of likely N-dealkylation sites (tertiary alicyclic amines) is 1. The van der Waals surface area contributed by atoms with Crippen molar-refractivity contribution in [1.82, 2.24) is 9.88 Å². The molecule has 1 aliphatic heterocycles. The van der Waals surface area contributed by atoms with E-state index < -0.39 is 0 Å². The largest absolute Gasteiger partial charge is 0.322 e. The number of pyridine rings is 1. The molecule has 1 saturated heterocycles. The lowest BCUT2D eigenvalue weighted by atomic mass is 10.2. The van der Waals surface area contributed by atoms with Crippen LogP contribution in [0.5, 0.6) is 0 Å². The molecule has 7 nitrogen and oxygen atoms in total. The number of aliphatic imine (C=N–C) groups is 2. The number of hydrogen-bond donors (Lipinski definition) is 0. The minimum atomic E-state index is -0.343. The third kappa shape index (κ3) is 4.21. The lowest BCUT2D eigenvalue weighted by molar-refractivity contribution is -0.131. The van der Waals surface area contributed by atoms with Gasteiger partial charge in [0.25, 0.3) is 0 Å². The topological polar surface area (TPSA) is 105 Å². The molecule has 0 unspecified atom stereocenters. The third-order valence-corrected chi connectivity index (χ3v) is 3.59. The average molecular weight is 308 g/mol. The van der Waals surface area contributed by atoms with Crippen molar-refractivity contribution in [3.05, 3.63) is 23.9 Å². The highest BCUT2D eigenvalue weighted by molar-refractivity contribution is 6.17. The Kier molecular flexibility index (Phi) is 5.54. The Morgan fingerprint density at radius 1 is 1.43 bits per heavy atom. The molecule has 23 heavy (non-hydrogen) atoms. The molecule has 1 aromatic rings. The summed E-state index contributed by atoms with van der Waals surface area (Å²) in [7, 11) is 0. The number of nitrogens with zero attached hydrogens (tertiary/aromatic N) is 6. The molecule has 0 radical (unpaired) electrons. The molecule has 1 amide bonds. The summed E-state index contributed by atoms with van der Waals surface area (Å²) < 4.78 is 0. The van der Waals surface area contributed by atoms with E-state index in [9.17, 15) is 4.79 Å². The van der Waals surface area contributed by atoms with Crippen LogP contribution in [0.15, 0.2) is 28.3 Å². The van der Waals surface area contributed by atoms with Gasteiger partial charge in [-0.05, 0) is 31.9 Å². The molecule has 2 heterocycles. The number of amides is 1. The third-order valence-electron chi connectivity index (χ3n) is 3.59. The van der Waals surface area contributed by atoms with Gasteiger partial charge in [-0.1, -0.05) is 0 Å². The Bertz CT molecular complexity index is 695. The monoisotopic (exact) mass is 308 g/mol. The van der Waals surface area contributed by atoms with Gasteiger partial charge in [0.05, 0.1) is 11.6 Å². The molecule has 0 aromatic carbocycles. The van der Waals surface area contributed by atoms with Crippen molar-refractivity contribution in [2.75, 3.05) is 6.54 Å². The standard InChI is InChI=1S/C16H16N6O/c1-12-2-4-14(9-18)22(12)16(23)11-19-6-7-20-15-5-3-13(8-17)10-21-15/h3,5-7,10,12,14H,2,4,11H2,1H3/t12-,14-/m0/s1. The van der Waals surface area contributed by atoms with Crippen molar-refractivity contribution >= 4 is 24.2 Å². The molecule has 1 fully saturated rings. The fourth-order valence-electron chi connectivity index (χ4n) is 2.43. The van der Waals surface area contributed by atoms with Gasteiger partial charge < -0.3 is 4.90 Å². The molecule has 0 bridgehead atoms. The molecule has 0 N–H and O–H groups in total. The second-order valence-electron chi connectivity index (χ2n) is 5.16. The zero-order valence-electron chi connectivity index (χ0n) is 12.8. The zero-order valence-corrected chi connectivity index (χ0v) is 12.8. The lowest BCUT2D eigenvalue weighted by Crippen LogP contribution is -2.40. The Hall–Kier alpha value is -3.06. The van der Waals surface area contributed by atoms with Crippen molar-refractivity contribution in [2.45, 2.75) is 31.8 Å². The first-order chi connectivity index (χ1) is 11.2. The van der Waals surface area contributed by atoms with Crippen molar-refractivity contribution in [1.29, 1.82) is 10.5 Å². The predicted molar refractivity (Wildman–Crippen MR) is 85.4 cm³/mol. The maximum Gasteiger partial charge on any atom is 0.245 e. The summed E-state index contributed by atoms with van der Waals surface area (Å²) in [6.45, 7) is 1.94. The Morgan fingerprint density at radius 2 is 2.26 bits per heavy atom. The highest BCUT2D eigenvalue weighted by Crippen LogP contribution is 2.23. The van der Waals surface area contributed by atoms with E-state index in [2.05, 4.69) is 21.0 Å². The SMILES string of the molecule is C[C@H]1CC[C@@H](C#N)N1C(=O)CN=CC=Nc1ccc(C#N)cn1. The smallest absolute Gasteiger partial charge is 0.245 e. The minimum Gasteiger partial charge on any atom is -0.322 e. The van der Waals surface area contributed by atoms with Crippen LogP contribution in [0.3, 0.4) is 0 Å². The molecule has 0 aliphatic carbocycles. The van der Waals surface area contributed by atoms with Crippen molar-refractivity contribution in [3.8, 4) is 12.1 Å². The van der Waals surface area contributed by atoms with Gasteiger partial charge in [-0.15, -0.1) is 0 Å². The second-order valence-corrected chi connectivity index (χ2v) is 5.16. The fourth-order valence-corrected chi connectivity index (χ4v) is 2.43. The van der Waals surface area contributed by atoms with Gasteiger partial charge in [0, 0.05) is 24.7 Å². The summed E-state index contributed by atoms with van der Waals surface area (Å²) in [5.41, 5.74) is 0.468. The molecule has 7 heteroatoms. The minimum absolute atomic E-state index is 0.00462. The van der Waals surface area contributed by atoms with Gasteiger partial charge in [0.15, 0.2) is 5.82 Å². The Labute approximate surface area is 134 Å². The number of carbonyl (C=O) groups is 1. The van der Waals surface area contributed by atoms with Gasteiger partial charge in [-0.25, -0.2) is 9.98 Å². The highest BCUT2D eigenvalue weighted by atomic mass is 16.2. The fraction of sp³-hybridized carbons (Fsp3) is 0.375. The van der Waals surface area contributed by atoms with Crippen molar-refractivity contribution in [3.63, 3.8) is 0 Å². The number of carbonyl (C=O) groups excluding carboxylic acids is 1. The summed E-state index contributed by atoms with van der Waals surface area (Å²) in [5, 5.41) is 17.7. The molecule has 2 rings (SSSR count). The van der Waals surface area contributed by atoms with Crippen LogP contribution < -0.4 is 0 Å². The Balaban J connectivity index is 1.86. The van der Waals surface area contributed by atoms with Gasteiger partial charge in [-0.2, -0.15) is 10.5 Å². The summed E-state index contributed by atoms with van der Waals surface area (Å²) >= 11 is 0. The predicted octanol–water partition coefficient (Wildman–Crippen LogP) is 1.63. The summed E-state index contributed by atoms with van der Waals surface area (Å²) in [5.74, 6) is 0.308. The van der Waals surface area contributed by atoms with Crippen LogP contribution in [-0.4, -0.2) is 46.8 Å². The van der Waals surface area contributed by atoms with E-state index in [-0.39, 0.29) is 24.5 Å². The van der Waals surface area contributed by atoms with Crippen molar-refractivity contribution < 1.29 is 4.79 Å². The molecule has 2 atom stereocenters. The summed E-state index contributed by atoms with van der Waals surface area (Å²) in [4.78, 5) is 25.8. The van der Waals surface area contributed by atoms with Gasteiger partial charge in [0.2, 0.25) is 5.91 Å². The average Bonchev–Trinajstić information content (AvgIpc) is 2.95. The first-order valence-corrected chi connectivity index (χ1v) is 7.25. The number of hydrogen-bond acceptors (Lipinski definition) is 6. The van der Waals surface area contributed by atoms with Crippen LogP contribution in [0.4, 0.5) is 5.82 Å². The molecule has 1 aromatic heterocycles. The number of nitriles is 2. The van der Waals surface area contributed by atoms with Gasteiger partial charge >= 0.3 is 0 Å². The molecular weight excluding hydrogens is 292 g/mol. The van der Waals surface area contributed by atoms with E-state index in [4.69, 9.17) is 10.5 Å². The van der Waals surface area contributed by atoms with Gasteiger partial charge in [-0.3, -0.25) is 9.79 Å². The maximum atomic E-state index is 12.1. The normalized spacial score (nSPS) is 20.7. The van der Waals surface area contributed by atoms with E-state index in [1.54, 1.807) is 17.0 Å². The quantitative estimate of drug-likeness (QED) is 0.788. The van der Waals surface area contributed by atoms with E-state index in [0.717, 1.165) is 12.8 Å². The number of aromatic nitrogens is 1. The first kappa shape index (κ1) is 16.3.